The summed E-state index contributed by atoms with van der Waals surface area (Å²) in [5.74, 6) is 0.00108. The first-order valence-electron chi connectivity index (χ1n) is 7.44. The van der Waals surface area contributed by atoms with Gasteiger partial charge < -0.3 is 14.7 Å². The van der Waals surface area contributed by atoms with Crippen LogP contribution in [0.2, 0.25) is 0 Å². The van der Waals surface area contributed by atoms with Gasteiger partial charge >= 0.3 is 6.09 Å². The van der Waals surface area contributed by atoms with Crippen molar-refractivity contribution < 1.29 is 14.6 Å². The van der Waals surface area contributed by atoms with E-state index in [9.17, 15) is 9.90 Å². The lowest BCUT2D eigenvalue weighted by Crippen LogP contribution is -2.44. The highest BCUT2D eigenvalue weighted by Crippen LogP contribution is 2.29. The van der Waals surface area contributed by atoms with Crippen molar-refractivity contribution in [1.29, 1.82) is 0 Å². The Bertz CT molecular complexity index is 470. The average Bonchev–Trinajstić information content (AvgIpc) is 2.46. The number of rotatable bonds is 2. The standard InChI is InChI=1S/C16H24N2O3/c1-16(2,3)21-15(20)18-10-6-7-12(11-18)14(19)13-8-4-5-9-17-13/h4-5,8-9,12,14,19H,6-7,10-11H2,1-3H3/t12-,14-/m0/s1. The summed E-state index contributed by atoms with van der Waals surface area (Å²) in [5.41, 5.74) is 0.164. The molecule has 1 fully saturated rings. The number of piperidine rings is 1. The molecule has 1 amide bonds. The maximum atomic E-state index is 12.1. The van der Waals surface area contributed by atoms with Gasteiger partial charge in [-0.25, -0.2) is 4.79 Å². The number of hydrogen-bond acceptors (Lipinski definition) is 4. The summed E-state index contributed by atoms with van der Waals surface area (Å²) in [6.45, 7) is 6.76. The van der Waals surface area contributed by atoms with E-state index in [4.69, 9.17) is 4.74 Å². The van der Waals surface area contributed by atoms with E-state index in [2.05, 4.69) is 4.98 Å². The first-order valence-corrected chi connectivity index (χ1v) is 7.44. The van der Waals surface area contributed by atoms with E-state index >= 15 is 0 Å². The Balaban J connectivity index is 1.99. The molecule has 0 saturated carbocycles. The molecule has 2 rings (SSSR count). The third kappa shape index (κ3) is 4.43. The van der Waals surface area contributed by atoms with Crippen molar-refractivity contribution in [2.45, 2.75) is 45.3 Å². The van der Waals surface area contributed by atoms with Crippen LogP contribution in [-0.4, -0.2) is 39.8 Å². The molecule has 1 aliphatic rings. The summed E-state index contributed by atoms with van der Waals surface area (Å²) in [4.78, 5) is 18.0. The topological polar surface area (TPSA) is 62.7 Å². The van der Waals surface area contributed by atoms with Gasteiger partial charge in [0.25, 0.3) is 0 Å². The molecular formula is C16H24N2O3. The number of carbonyl (C=O) groups is 1. The van der Waals surface area contributed by atoms with Gasteiger partial charge in [0.15, 0.2) is 0 Å². The van der Waals surface area contributed by atoms with Crippen LogP contribution < -0.4 is 0 Å². The van der Waals surface area contributed by atoms with Crippen molar-refractivity contribution >= 4 is 6.09 Å². The predicted molar refractivity (Wildman–Crippen MR) is 79.7 cm³/mol. The molecule has 0 bridgehead atoms. The Morgan fingerprint density at radius 1 is 1.48 bits per heavy atom. The van der Waals surface area contributed by atoms with Crippen LogP contribution in [0, 0.1) is 5.92 Å². The average molecular weight is 292 g/mol. The number of likely N-dealkylation sites (tertiary alicyclic amines) is 1. The summed E-state index contributed by atoms with van der Waals surface area (Å²) in [5, 5.41) is 10.4. The lowest BCUT2D eigenvalue weighted by Gasteiger charge is -2.35. The van der Waals surface area contributed by atoms with E-state index in [0.717, 1.165) is 12.8 Å². The molecule has 0 unspecified atom stereocenters. The highest BCUT2D eigenvalue weighted by atomic mass is 16.6. The fourth-order valence-corrected chi connectivity index (χ4v) is 2.55. The third-order valence-electron chi connectivity index (χ3n) is 3.55. The number of aliphatic hydroxyl groups is 1. The van der Waals surface area contributed by atoms with Crippen LogP contribution >= 0.6 is 0 Å². The number of carbonyl (C=O) groups excluding carboxylic acids is 1. The minimum absolute atomic E-state index is 0.00108. The number of pyridine rings is 1. The molecule has 1 aromatic rings. The molecule has 1 saturated heterocycles. The van der Waals surface area contributed by atoms with Crippen LogP contribution in [0.1, 0.15) is 45.4 Å². The molecule has 0 aromatic carbocycles. The second-order valence-electron chi connectivity index (χ2n) is 6.53. The molecule has 2 atom stereocenters. The largest absolute Gasteiger partial charge is 0.444 e. The predicted octanol–water partition coefficient (Wildman–Crippen LogP) is 2.76. The van der Waals surface area contributed by atoms with E-state index < -0.39 is 11.7 Å². The summed E-state index contributed by atoms with van der Waals surface area (Å²) < 4.78 is 5.40. The second-order valence-corrected chi connectivity index (χ2v) is 6.53. The maximum Gasteiger partial charge on any atom is 0.410 e. The van der Waals surface area contributed by atoms with Gasteiger partial charge in [0.1, 0.15) is 11.7 Å². The number of aliphatic hydroxyl groups excluding tert-OH is 1. The highest BCUT2D eigenvalue weighted by molar-refractivity contribution is 5.68. The van der Waals surface area contributed by atoms with Crippen molar-refractivity contribution in [1.82, 2.24) is 9.88 Å². The van der Waals surface area contributed by atoms with Crippen molar-refractivity contribution in [3.8, 4) is 0 Å². The van der Waals surface area contributed by atoms with Crippen LogP contribution in [0.25, 0.3) is 0 Å². The zero-order valence-electron chi connectivity index (χ0n) is 13.0. The molecule has 5 nitrogen and oxygen atoms in total. The number of amides is 1. The summed E-state index contributed by atoms with van der Waals surface area (Å²) in [6, 6.07) is 5.50. The van der Waals surface area contributed by atoms with Crippen LogP contribution in [0.15, 0.2) is 24.4 Å². The van der Waals surface area contributed by atoms with E-state index in [1.807, 2.05) is 39.0 Å². The van der Waals surface area contributed by atoms with Crippen molar-refractivity contribution in [3.05, 3.63) is 30.1 Å². The number of ether oxygens (including phenoxy) is 1. The van der Waals surface area contributed by atoms with Crippen LogP contribution in [0.3, 0.4) is 0 Å². The molecule has 5 heteroatoms. The lowest BCUT2D eigenvalue weighted by molar-refractivity contribution is 0.00173. The Kier molecular flexibility index (Phi) is 4.83. The van der Waals surface area contributed by atoms with E-state index in [1.54, 1.807) is 11.1 Å². The molecule has 116 valence electrons. The Hall–Kier alpha value is -1.62. The fourth-order valence-electron chi connectivity index (χ4n) is 2.55. The number of nitrogens with zero attached hydrogens (tertiary/aromatic N) is 2. The van der Waals surface area contributed by atoms with Crippen molar-refractivity contribution in [3.63, 3.8) is 0 Å². The molecule has 0 radical (unpaired) electrons. The van der Waals surface area contributed by atoms with Gasteiger partial charge in [-0.3, -0.25) is 4.98 Å². The SMILES string of the molecule is CC(C)(C)OC(=O)N1CCC[C@H]([C@H](O)c2ccccn2)C1. The van der Waals surface area contributed by atoms with E-state index in [1.165, 1.54) is 0 Å². The normalized spacial score (nSPS) is 21.0. The van der Waals surface area contributed by atoms with Crippen LogP contribution in [0.5, 0.6) is 0 Å². The monoisotopic (exact) mass is 292 g/mol. The summed E-state index contributed by atoms with van der Waals surface area (Å²) in [7, 11) is 0. The smallest absolute Gasteiger partial charge is 0.410 e. The molecule has 0 aliphatic carbocycles. The van der Waals surface area contributed by atoms with Crippen LogP contribution in [0.4, 0.5) is 4.79 Å². The van der Waals surface area contributed by atoms with Gasteiger partial charge in [-0.2, -0.15) is 0 Å². The van der Waals surface area contributed by atoms with E-state index in [0.29, 0.717) is 18.8 Å². The van der Waals surface area contributed by atoms with E-state index in [-0.39, 0.29) is 12.0 Å². The molecule has 0 spiro atoms. The minimum atomic E-state index is -0.642. The van der Waals surface area contributed by atoms with Gasteiger partial charge in [0.05, 0.1) is 5.69 Å². The van der Waals surface area contributed by atoms with Crippen LogP contribution in [-0.2, 0) is 4.74 Å². The lowest BCUT2D eigenvalue weighted by atomic mass is 9.91. The van der Waals surface area contributed by atoms with Gasteiger partial charge in [0.2, 0.25) is 0 Å². The summed E-state index contributed by atoms with van der Waals surface area (Å²) in [6.07, 6.45) is 2.48. The Morgan fingerprint density at radius 3 is 2.86 bits per heavy atom. The van der Waals surface area contributed by atoms with Gasteiger partial charge in [-0.1, -0.05) is 6.07 Å². The zero-order chi connectivity index (χ0) is 15.5. The fraction of sp³-hybridized carbons (Fsp3) is 0.625. The first-order chi connectivity index (χ1) is 9.87. The van der Waals surface area contributed by atoms with Gasteiger partial charge in [0, 0.05) is 25.2 Å². The third-order valence-corrected chi connectivity index (χ3v) is 3.55. The van der Waals surface area contributed by atoms with Crippen molar-refractivity contribution in [2.75, 3.05) is 13.1 Å². The van der Waals surface area contributed by atoms with Crippen molar-refractivity contribution in [2.24, 2.45) is 5.92 Å². The molecule has 21 heavy (non-hydrogen) atoms. The quantitative estimate of drug-likeness (QED) is 0.910. The Labute approximate surface area is 125 Å². The van der Waals surface area contributed by atoms with Gasteiger partial charge in [-0.05, 0) is 45.7 Å². The number of aromatic nitrogens is 1. The molecular weight excluding hydrogens is 268 g/mol. The molecule has 2 heterocycles. The summed E-state index contributed by atoms with van der Waals surface area (Å²) >= 11 is 0. The first kappa shape index (κ1) is 15.8. The minimum Gasteiger partial charge on any atom is -0.444 e. The zero-order valence-corrected chi connectivity index (χ0v) is 13.0. The molecule has 1 aliphatic heterocycles. The number of hydrogen-bond donors (Lipinski definition) is 1. The Morgan fingerprint density at radius 2 is 2.24 bits per heavy atom. The second kappa shape index (κ2) is 6.43. The highest BCUT2D eigenvalue weighted by Gasteiger charge is 2.31. The molecule has 1 N–H and O–H groups in total. The van der Waals surface area contributed by atoms with Gasteiger partial charge in [-0.15, -0.1) is 0 Å². The maximum absolute atomic E-state index is 12.1. The molecule has 1 aromatic heterocycles.